The van der Waals surface area contributed by atoms with E-state index >= 15 is 0 Å². The highest BCUT2D eigenvalue weighted by molar-refractivity contribution is 5.90. The first-order valence-corrected chi connectivity index (χ1v) is 6.08. The average molecular weight is 283 g/mol. The molecule has 0 aliphatic heterocycles. The molecule has 20 heavy (non-hydrogen) atoms. The second-order valence-electron chi connectivity index (χ2n) is 3.79. The second kappa shape index (κ2) is 8.05. The first kappa shape index (κ1) is 15.8. The largest absolute Gasteiger partial charge is 0.480 e. The van der Waals surface area contributed by atoms with Crippen molar-refractivity contribution in [2.45, 2.75) is 13.8 Å². The molecule has 0 aliphatic rings. The lowest BCUT2D eigenvalue weighted by atomic mass is 10.2. The van der Waals surface area contributed by atoms with E-state index in [1.54, 1.807) is 13.8 Å². The lowest BCUT2D eigenvalue weighted by Gasteiger charge is -2.08. The van der Waals surface area contributed by atoms with Crippen LogP contribution in [0.4, 0.5) is 5.95 Å². The molecule has 0 unspecified atom stereocenters. The monoisotopic (exact) mass is 283 g/mol. The van der Waals surface area contributed by atoms with E-state index in [0.717, 1.165) is 0 Å². The standard InChI is InChI=1S/C12H17N3O5/c1-3-20-11(18)9-6-14-12(15-8(9)2)13-4-5-19-7-10(16)17/h6H,3-5,7H2,1-2H3,(H,16,17)(H,13,14,15). The predicted molar refractivity (Wildman–Crippen MR) is 69.7 cm³/mol. The number of aryl methyl sites for hydroxylation is 1. The van der Waals surface area contributed by atoms with Gasteiger partial charge in [0.15, 0.2) is 0 Å². The molecule has 0 fully saturated rings. The van der Waals surface area contributed by atoms with Crippen molar-refractivity contribution >= 4 is 17.9 Å². The van der Waals surface area contributed by atoms with Crippen LogP contribution >= 0.6 is 0 Å². The molecule has 8 nitrogen and oxygen atoms in total. The minimum absolute atomic E-state index is 0.217. The topological polar surface area (TPSA) is 111 Å². The summed E-state index contributed by atoms with van der Waals surface area (Å²) in [6.45, 7) is 3.93. The SMILES string of the molecule is CCOC(=O)c1cnc(NCCOCC(=O)O)nc1C. The van der Waals surface area contributed by atoms with Crippen molar-refractivity contribution in [1.82, 2.24) is 9.97 Å². The number of anilines is 1. The molecule has 1 rings (SSSR count). The normalized spacial score (nSPS) is 10.1. The van der Waals surface area contributed by atoms with E-state index in [-0.39, 0.29) is 13.2 Å². The highest BCUT2D eigenvalue weighted by atomic mass is 16.5. The van der Waals surface area contributed by atoms with E-state index in [1.807, 2.05) is 0 Å². The summed E-state index contributed by atoms with van der Waals surface area (Å²) in [6.07, 6.45) is 1.39. The number of esters is 1. The quantitative estimate of drug-likeness (QED) is 0.523. The molecule has 0 spiro atoms. The summed E-state index contributed by atoms with van der Waals surface area (Å²) >= 11 is 0. The van der Waals surface area contributed by atoms with Gasteiger partial charge in [-0.3, -0.25) is 0 Å². The zero-order valence-corrected chi connectivity index (χ0v) is 11.4. The fourth-order valence-electron chi connectivity index (χ4n) is 1.36. The number of hydrogen-bond donors (Lipinski definition) is 2. The van der Waals surface area contributed by atoms with Crippen LogP contribution in [0.5, 0.6) is 0 Å². The molecule has 0 radical (unpaired) electrons. The van der Waals surface area contributed by atoms with Gasteiger partial charge in [0.2, 0.25) is 5.95 Å². The van der Waals surface area contributed by atoms with Gasteiger partial charge in [0.25, 0.3) is 0 Å². The van der Waals surface area contributed by atoms with Crippen LogP contribution in [-0.4, -0.2) is 53.4 Å². The van der Waals surface area contributed by atoms with Crippen LogP contribution in [-0.2, 0) is 14.3 Å². The number of aromatic nitrogens is 2. The molecule has 110 valence electrons. The maximum Gasteiger partial charge on any atom is 0.341 e. The van der Waals surface area contributed by atoms with Crippen molar-refractivity contribution in [2.24, 2.45) is 0 Å². The Morgan fingerprint density at radius 3 is 2.80 bits per heavy atom. The van der Waals surface area contributed by atoms with Crippen molar-refractivity contribution in [1.29, 1.82) is 0 Å². The predicted octanol–water partition coefficient (Wildman–Crippen LogP) is 0.475. The highest BCUT2D eigenvalue weighted by Crippen LogP contribution is 2.08. The molecular formula is C12H17N3O5. The Balaban J connectivity index is 2.47. The van der Waals surface area contributed by atoms with Gasteiger partial charge in [0.05, 0.1) is 24.5 Å². The molecule has 0 bridgehead atoms. The Labute approximate surface area is 116 Å². The summed E-state index contributed by atoms with van der Waals surface area (Å²) in [5.41, 5.74) is 0.826. The van der Waals surface area contributed by atoms with Gasteiger partial charge in [0.1, 0.15) is 6.61 Å². The lowest BCUT2D eigenvalue weighted by molar-refractivity contribution is -0.142. The molecule has 0 saturated heterocycles. The van der Waals surface area contributed by atoms with Crippen molar-refractivity contribution in [2.75, 3.05) is 31.7 Å². The van der Waals surface area contributed by atoms with Gasteiger partial charge in [-0.1, -0.05) is 0 Å². The zero-order valence-electron chi connectivity index (χ0n) is 11.4. The molecule has 2 N–H and O–H groups in total. The Morgan fingerprint density at radius 1 is 1.45 bits per heavy atom. The fourth-order valence-corrected chi connectivity index (χ4v) is 1.36. The molecule has 8 heteroatoms. The van der Waals surface area contributed by atoms with E-state index in [4.69, 9.17) is 14.6 Å². The number of carboxylic acid groups (broad SMARTS) is 1. The zero-order chi connectivity index (χ0) is 15.0. The molecule has 0 aromatic carbocycles. The van der Waals surface area contributed by atoms with E-state index in [9.17, 15) is 9.59 Å². The molecular weight excluding hydrogens is 266 g/mol. The average Bonchev–Trinajstić information content (AvgIpc) is 2.38. The van der Waals surface area contributed by atoms with Gasteiger partial charge >= 0.3 is 11.9 Å². The number of carboxylic acids is 1. The molecule has 0 aliphatic carbocycles. The second-order valence-corrected chi connectivity index (χ2v) is 3.79. The number of ether oxygens (including phenoxy) is 2. The number of rotatable bonds is 8. The van der Waals surface area contributed by atoms with E-state index in [1.165, 1.54) is 6.20 Å². The summed E-state index contributed by atoms with van der Waals surface area (Å²) in [4.78, 5) is 29.9. The highest BCUT2D eigenvalue weighted by Gasteiger charge is 2.12. The summed E-state index contributed by atoms with van der Waals surface area (Å²) < 4.78 is 9.72. The van der Waals surface area contributed by atoms with Crippen LogP contribution in [0.15, 0.2) is 6.20 Å². The molecule has 1 aromatic rings. The van der Waals surface area contributed by atoms with Gasteiger partial charge in [-0.2, -0.15) is 0 Å². The van der Waals surface area contributed by atoms with E-state index in [0.29, 0.717) is 30.4 Å². The number of carbonyl (C=O) groups excluding carboxylic acids is 1. The smallest absolute Gasteiger partial charge is 0.341 e. The van der Waals surface area contributed by atoms with Gasteiger partial charge in [-0.25, -0.2) is 19.6 Å². The Hall–Kier alpha value is -2.22. The van der Waals surface area contributed by atoms with Crippen molar-refractivity contribution in [3.05, 3.63) is 17.5 Å². The van der Waals surface area contributed by atoms with Crippen LogP contribution in [0.25, 0.3) is 0 Å². The molecule has 1 aromatic heterocycles. The van der Waals surface area contributed by atoms with E-state index < -0.39 is 11.9 Å². The third-order valence-electron chi connectivity index (χ3n) is 2.23. The third-order valence-corrected chi connectivity index (χ3v) is 2.23. The number of nitrogens with one attached hydrogen (secondary N) is 1. The molecule has 0 amide bonds. The number of aliphatic carboxylic acids is 1. The third kappa shape index (κ3) is 5.19. The summed E-state index contributed by atoms with van der Waals surface area (Å²) in [5.74, 6) is -1.13. The van der Waals surface area contributed by atoms with E-state index in [2.05, 4.69) is 15.3 Å². The lowest BCUT2D eigenvalue weighted by Crippen LogP contribution is -2.16. The minimum atomic E-state index is -1.02. The minimum Gasteiger partial charge on any atom is -0.480 e. The van der Waals surface area contributed by atoms with Crippen LogP contribution in [0.3, 0.4) is 0 Å². The maximum absolute atomic E-state index is 11.5. The van der Waals surface area contributed by atoms with Crippen LogP contribution < -0.4 is 5.32 Å². The molecule has 0 atom stereocenters. The van der Waals surface area contributed by atoms with Crippen LogP contribution in [0, 0.1) is 6.92 Å². The maximum atomic E-state index is 11.5. The number of nitrogens with zero attached hydrogens (tertiary/aromatic N) is 2. The molecule has 0 saturated carbocycles. The first-order valence-electron chi connectivity index (χ1n) is 6.08. The van der Waals surface area contributed by atoms with Crippen molar-refractivity contribution < 1.29 is 24.2 Å². The van der Waals surface area contributed by atoms with Crippen LogP contribution in [0.1, 0.15) is 23.0 Å². The number of hydrogen-bond acceptors (Lipinski definition) is 7. The molecule has 1 heterocycles. The van der Waals surface area contributed by atoms with Gasteiger partial charge in [0, 0.05) is 12.7 Å². The van der Waals surface area contributed by atoms with Crippen LogP contribution in [0.2, 0.25) is 0 Å². The van der Waals surface area contributed by atoms with Crippen molar-refractivity contribution in [3.8, 4) is 0 Å². The Kier molecular flexibility index (Phi) is 6.38. The number of carbonyl (C=O) groups is 2. The summed E-state index contributed by atoms with van der Waals surface area (Å²) in [7, 11) is 0. The van der Waals surface area contributed by atoms with Gasteiger partial charge < -0.3 is 19.9 Å². The summed E-state index contributed by atoms with van der Waals surface area (Å²) in [5, 5.41) is 11.2. The fraction of sp³-hybridized carbons (Fsp3) is 0.500. The van der Waals surface area contributed by atoms with Gasteiger partial charge in [-0.05, 0) is 13.8 Å². The summed E-state index contributed by atoms with van der Waals surface area (Å²) in [6, 6.07) is 0. The Bertz CT molecular complexity index is 478. The first-order chi connectivity index (χ1) is 9.54. The Morgan fingerprint density at radius 2 is 2.20 bits per heavy atom. The van der Waals surface area contributed by atoms with Crippen molar-refractivity contribution in [3.63, 3.8) is 0 Å². The van der Waals surface area contributed by atoms with Gasteiger partial charge in [-0.15, -0.1) is 0 Å².